The van der Waals surface area contributed by atoms with Crippen molar-refractivity contribution in [2.45, 2.75) is 0 Å². The van der Waals surface area contributed by atoms with Crippen LogP contribution in [0.25, 0.3) is 11.0 Å². The molecule has 0 unspecified atom stereocenters. The molecule has 0 spiro atoms. The van der Waals surface area contributed by atoms with Crippen LogP contribution in [0.5, 0.6) is 0 Å². The van der Waals surface area contributed by atoms with Crippen LogP contribution in [0.4, 0.5) is 4.39 Å². The number of carbonyl (C=O) groups is 2. The normalized spacial score (nSPS) is 10.5. The number of fused-ring (bicyclic) bond motifs is 1. The van der Waals surface area contributed by atoms with Gasteiger partial charge in [-0.15, -0.1) is 0 Å². The number of carboxylic acids is 1. The summed E-state index contributed by atoms with van der Waals surface area (Å²) in [6, 6.07) is 3.25. The molecule has 0 amide bonds. The van der Waals surface area contributed by atoms with Gasteiger partial charge in [-0.2, -0.15) is 0 Å². The summed E-state index contributed by atoms with van der Waals surface area (Å²) in [6.07, 6.45) is 0.434. The number of carboxylic acid groups (broad SMARTS) is 1. The fraction of sp³-hybridized carbons (Fsp3) is 0. The fourth-order valence-electron chi connectivity index (χ4n) is 1.35. The Bertz CT molecular complexity index is 556. The molecular formula is C10H5FO4. The van der Waals surface area contributed by atoms with Crippen LogP contribution >= 0.6 is 0 Å². The van der Waals surface area contributed by atoms with E-state index in [0.29, 0.717) is 6.29 Å². The van der Waals surface area contributed by atoms with Gasteiger partial charge in [0.25, 0.3) is 0 Å². The first-order valence-electron chi connectivity index (χ1n) is 4.03. The first kappa shape index (κ1) is 9.39. The van der Waals surface area contributed by atoms with Gasteiger partial charge in [-0.1, -0.05) is 0 Å². The van der Waals surface area contributed by atoms with E-state index in [0.717, 1.165) is 12.1 Å². The van der Waals surface area contributed by atoms with Crippen LogP contribution in [0.3, 0.4) is 0 Å². The maximum absolute atomic E-state index is 13.0. The quantitative estimate of drug-likeness (QED) is 0.767. The SMILES string of the molecule is O=Cc1cc2cc(F)cc(C(=O)O)c2o1. The molecule has 1 N–H and O–H groups in total. The predicted molar refractivity (Wildman–Crippen MR) is 48.5 cm³/mol. The van der Waals surface area contributed by atoms with Crippen LogP contribution in [0.2, 0.25) is 0 Å². The Hall–Kier alpha value is -2.17. The summed E-state index contributed by atoms with van der Waals surface area (Å²) in [5, 5.41) is 9.03. The second-order valence-electron chi connectivity index (χ2n) is 2.94. The monoisotopic (exact) mass is 208 g/mol. The van der Waals surface area contributed by atoms with Gasteiger partial charge in [0.2, 0.25) is 0 Å². The second-order valence-corrected chi connectivity index (χ2v) is 2.94. The lowest BCUT2D eigenvalue weighted by Crippen LogP contribution is -1.97. The van der Waals surface area contributed by atoms with Crippen LogP contribution in [0.15, 0.2) is 22.6 Å². The van der Waals surface area contributed by atoms with Crippen LogP contribution in [-0.2, 0) is 0 Å². The summed E-state index contributed by atoms with van der Waals surface area (Å²) in [6.45, 7) is 0. The van der Waals surface area contributed by atoms with Crippen molar-refractivity contribution in [3.8, 4) is 0 Å². The molecule has 0 aliphatic heterocycles. The van der Waals surface area contributed by atoms with Gasteiger partial charge in [0, 0.05) is 5.39 Å². The van der Waals surface area contributed by atoms with Crippen LogP contribution in [0.1, 0.15) is 20.9 Å². The number of aromatic carboxylic acids is 1. The first-order chi connectivity index (χ1) is 7.11. The fourth-order valence-corrected chi connectivity index (χ4v) is 1.35. The lowest BCUT2D eigenvalue weighted by molar-refractivity contribution is 0.0697. The Balaban J connectivity index is 2.83. The molecular weight excluding hydrogens is 203 g/mol. The van der Waals surface area contributed by atoms with Crippen molar-refractivity contribution in [1.29, 1.82) is 0 Å². The minimum absolute atomic E-state index is 0.00556. The molecule has 0 saturated heterocycles. The zero-order valence-corrected chi connectivity index (χ0v) is 7.36. The summed E-state index contributed by atoms with van der Waals surface area (Å²) in [5.74, 6) is -2.01. The minimum atomic E-state index is -1.30. The number of hydrogen-bond donors (Lipinski definition) is 1. The smallest absolute Gasteiger partial charge is 0.339 e. The van der Waals surface area contributed by atoms with Crippen molar-refractivity contribution in [2.24, 2.45) is 0 Å². The molecule has 76 valence electrons. The standard InChI is InChI=1S/C10H5FO4/c11-6-1-5-2-7(4-12)15-9(5)8(3-6)10(13)14/h1-4H,(H,13,14). The molecule has 0 aliphatic rings. The lowest BCUT2D eigenvalue weighted by atomic mass is 10.1. The topological polar surface area (TPSA) is 67.5 Å². The number of hydrogen-bond acceptors (Lipinski definition) is 3. The van der Waals surface area contributed by atoms with E-state index in [9.17, 15) is 14.0 Å². The third-order valence-corrected chi connectivity index (χ3v) is 1.95. The molecule has 15 heavy (non-hydrogen) atoms. The van der Waals surface area contributed by atoms with E-state index in [-0.39, 0.29) is 22.3 Å². The minimum Gasteiger partial charge on any atom is -0.478 e. The Labute approximate surface area is 82.9 Å². The van der Waals surface area contributed by atoms with E-state index in [2.05, 4.69) is 0 Å². The molecule has 5 heteroatoms. The molecule has 0 saturated carbocycles. The molecule has 0 bridgehead atoms. The molecule has 1 heterocycles. The van der Waals surface area contributed by atoms with Gasteiger partial charge in [0.15, 0.2) is 12.0 Å². The van der Waals surface area contributed by atoms with Crippen molar-refractivity contribution < 1.29 is 23.5 Å². The van der Waals surface area contributed by atoms with Crippen molar-refractivity contribution >= 4 is 23.2 Å². The van der Waals surface area contributed by atoms with E-state index < -0.39 is 11.8 Å². The number of aldehydes is 1. The van der Waals surface area contributed by atoms with E-state index in [1.54, 1.807) is 0 Å². The van der Waals surface area contributed by atoms with E-state index in [4.69, 9.17) is 9.52 Å². The number of halogens is 1. The maximum atomic E-state index is 13.0. The predicted octanol–water partition coefficient (Wildman–Crippen LogP) is 2.08. The van der Waals surface area contributed by atoms with Gasteiger partial charge in [-0.25, -0.2) is 9.18 Å². The van der Waals surface area contributed by atoms with Gasteiger partial charge in [0.05, 0.1) is 0 Å². The molecule has 1 aromatic heterocycles. The van der Waals surface area contributed by atoms with Gasteiger partial charge in [0.1, 0.15) is 17.0 Å². The molecule has 0 atom stereocenters. The van der Waals surface area contributed by atoms with Gasteiger partial charge >= 0.3 is 5.97 Å². The van der Waals surface area contributed by atoms with E-state index in [1.165, 1.54) is 6.07 Å². The number of rotatable bonds is 2. The summed E-state index contributed by atoms with van der Waals surface area (Å²) in [5.41, 5.74) is -0.288. The molecule has 1 aromatic carbocycles. The number of furan rings is 1. The zero-order valence-electron chi connectivity index (χ0n) is 7.36. The number of carbonyl (C=O) groups excluding carboxylic acids is 1. The zero-order chi connectivity index (χ0) is 11.0. The highest BCUT2D eigenvalue weighted by molar-refractivity contribution is 6.02. The van der Waals surface area contributed by atoms with Crippen LogP contribution < -0.4 is 0 Å². The number of benzene rings is 1. The van der Waals surface area contributed by atoms with E-state index in [1.807, 2.05) is 0 Å². The van der Waals surface area contributed by atoms with Crippen LogP contribution in [0, 0.1) is 5.82 Å². The van der Waals surface area contributed by atoms with Crippen molar-refractivity contribution in [3.05, 3.63) is 35.3 Å². The van der Waals surface area contributed by atoms with Crippen LogP contribution in [-0.4, -0.2) is 17.4 Å². The third kappa shape index (κ3) is 1.48. The molecule has 2 rings (SSSR count). The highest BCUT2D eigenvalue weighted by Gasteiger charge is 2.15. The van der Waals surface area contributed by atoms with E-state index >= 15 is 0 Å². The molecule has 0 fully saturated rings. The Kier molecular flexibility index (Phi) is 2.00. The third-order valence-electron chi connectivity index (χ3n) is 1.95. The molecule has 0 aliphatic carbocycles. The highest BCUT2D eigenvalue weighted by atomic mass is 19.1. The highest BCUT2D eigenvalue weighted by Crippen LogP contribution is 2.23. The Morgan fingerprint density at radius 3 is 2.73 bits per heavy atom. The van der Waals surface area contributed by atoms with Gasteiger partial charge < -0.3 is 9.52 Å². The van der Waals surface area contributed by atoms with Gasteiger partial charge in [-0.05, 0) is 18.2 Å². The summed E-state index contributed by atoms with van der Waals surface area (Å²) >= 11 is 0. The molecule has 0 radical (unpaired) electrons. The Morgan fingerprint density at radius 2 is 2.13 bits per heavy atom. The second kappa shape index (κ2) is 3.20. The van der Waals surface area contributed by atoms with Crippen molar-refractivity contribution in [3.63, 3.8) is 0 Å². The van der Waals surface area contributed by atoms with Gasteiger partial charge in [-0.3, -0.25) is 4.79 Å². The Morgan fingerprint density at radius 1 is 1.40 bits per heavy atom. The summed E-state index contributed by atoms with van der Waals surface area (Å²) in [4.78, 5) is 21.2. The van der Waals surface area contributed by atoms with Crippen molar-refractivity contribution in [1.82, 2.24) is 0 Å². The molecule has 2 aromatic rings. The average Bonchev–Trinajstić information content (AvgIpc) is 2.58. The molecule has 4 nitrogen and oxygen atoms in total. The maximum Gasteiger partial charge on any atom is 0.339 e. The summed E-state index contributed by atoms with van der Waals surface area (Å²) < 4.78 is 17.9. The average molecular weight is 208 g/mol. The van der Waals surface area contributed by atoms with Crippen molar-refractivity contribution in [2.75, 3.05) is 0 Å². The summed E-state index contributed by atoms with van der Waals surface area (Å²) in [7, 11) is 0. The first-order valence-corrected chi connectivity index (χ1v) is 4.03. The lowest BCUT2D eigenvalue weighted by Gasteiger charge is -1.95. The largest absolute Gasteiger partial charge is 0.478 e.